The summed E-state index contributed by atoms with van der Waals surface area (Å²) < 4.78 is 17.9. The van der Waals surface area contributed by atoms with Crippen LogP contribution in [0.4, 0.5) is 0 Å². The first-order chi connectivity index (χ1) is 12.7. The Morgan fingerprint density at radius 2 is 1.57 bits per heavy atom. The van der Waals surface area contributed by atoms with E-state index in [1.807, 2.05) is 0 Å². The van der Waals surface area contributed by atoms with E-state index in [2.05, 4.69) is 45.9 Å². The van der Waals surface area contributed by atoms with Gasteiger partial charge in [0.15, 0.2) is 16.6 Å². The lowest BCUT2D eigenvalue weighted by atomic mass is 9.93. The minimum atomic E-state index is -1.45. The summed E-state index contributed by atoms with van der Waals surface area (Å²) in [6, 6.07) is 0. The van der Waals surface area contributed by atoms with Gasteiger partial charge in [0.05, 0.1) is 6.61 Å². The summed E-state index contributed by atoms with van der Waals surface area (Å²) in [5.74, 6) is -0.561. The zero-order chi connectivity index (χ0) is 22.0. The smallest absolute Gasteiger partial charge is 0.330 e. The van der Waals surface area contributed by atoms with Crippen LogP contribution >= 0.6 is 0 Å². The maximum absolute atomic E-state index is 11.7. The number of aliphatic hydroxyl groups excluding tert-OH is 2. The Bertz CT molecular complexity index is 461. The van der Waals surface area contributed by atoms with Crippen LogP contribution in [-0.4, -0.2) is 87.8 Å². The molecule has 0 aromatic carbocycles. The number of aliphatic hydroxyl groups is 2. The predicted octanol–water partition coefficient (Wildman–Crippen LogP) is -0.608. The van der Waals surface area contributed by atoms with Crippen molar-refractivity contribution in [2.75, 3.05) is 6.61 Å². The summed E-state index contributed by atoms with van der Waals surface area (Å²) in [6.45, 7) is 18.2. The molecule has 0 amide bonds. The molecule has 0 fully saturated rings. The van der Waals surface area contributed by atoms with Crippen LogP contribution in [0, 0.1) is 0 Å². The fourth-order valence-corrected chi connectivity index (χ4v) is 41.7. The SMILES string of the molecule is C=CC(=O)OC(C)(CCC([SiH2][SiH2]O[Si](C)(C)C)[SiH2][SiH2]O[Si](C)(C)C)C(O)CO. The summed E-state index contributed by atoms with van der Waals surface area (Å²) in [5, 5.41) is 20.4. The number of carbonyl (C=O) groups is 1. The highest BCUT2D eigenvalue weighted by Crippen LogP contribution is 2.27. The molecule has 0 bridgehead atoms. The van der Waals surface area contributed by atoms with Crippen molar-refractivity contribution in [3.63, 3.8) is 0 Å². The third kappa shape index (κ3) is 13.6. The molecule has 2 atom stereocenters. The molecule has 0 radical (unpaired) electrons. The van der Waals surface area contributed by atoms with Crippen molar-refractivity contribution in [1.29, 1.82) is 0 Å². The first-order valence-corrected chi connectivity index (χ1v) is 27.7. The van der Waals surface area contributed by atoms with E-state index in [0.29, 0.717) is 6.42 Å². The second kappa shape index (κ2) is 12.9. The van der Waals surface area contributed by atoms with E-state index in [1.165, 1.54) is 0 Å². The zero-order valence-electron chi connectivity index (χ0n) is 18.9. The molecular formula is C16H42O6Si6. The maximum atomic E-state index is 11.7. The average Bonchev–Trinajstić information content (AvgIpc) is 2.56. The first kappa shape index (κ1) is 28.4. The van der Waals surface area contributed by atoms with Crippen molar-refractivity contribution >= 4 is 59.2 Å². The van der Waals surface area contributed by atoms with Crippen LogP contribution in [0.2, 0.25) is 44.4 Å². The zero-order valence-corrected chi connectivity index (χ0v) is 26.6. The van der Waals surface area contributed by atoms with E-state index in [9.17, 15) is 15.0 Å². The molecule has 0 aliphatic heterocycles. The van der Waals surface area contributed by atoms with Crippen molar-refractivity contribution in [2.45, 2.75) is 75.9 Å². The minimum absolute atomic E-state index is 0.272. The summed E-state index contributed by atoms with van der Waals surface area (Å²) in [5.41, 5.74) is -1.08. The van der Waals surface area contributed by atoms with E-state index in [-0.39, 0.29) is 18.1 Å². The van der Waals surface area contributed by atoms with Crippen LogP contribution in [0.25, 0.3) is 0 Å². The standard InChI is InChI=1S/C16H42O6Si6/c1-9-14(19)20-16(2,13(18)12-17)11-10-15(23-25-21-27(3,4)5)24-26-22-28(6,7)8/h9,13,15,17-18H,1,10-12,23-26H2,2-8H3. The molecule has 12 heteroatoms. The Hall–Kier alpha value is 0.351. The number of rotatable bonds is 15. The van der Waals surface area contributed by atoms with Crippen LogP contribution in [0.1, 0.15) is 19.8 Å². The second-order valence-corrected chi connectivity index (χ2v) is 31.6. The highest BCUT2D eigenvalue weighted by Gasteiger charge is 2.36. The first-order valence-electron chi connectivity index (χ1n) is 10.1. The fourth-order valence-electron chi connectivity index (χ4n) is 2.74. The molecule has 0 saturated heterocycles. The molecule has 2 N–H and O–H groups in total. The topological polar surface area (TPSA) is 85.2 Å². The quantitative estimate of drug-likeness (QED) is 0.178. The normalized spacial score (nSPS) is 18.6. The van der Waals surface area contributed by atoms with Gasteiger partial charge >= 0.3 is 5.97 Å². The summed E-state index contributed by atoms with van der Waals surface area (Å²) in [6.07, 6.45) is 1.50. The molecule has 28 heavy (non-hydrogen) atoms. The third-order valence-corrected chi connectivity index (χ3v) is 33.4. The van der Waals surface area contributed by atoms with Gasteiger partial charge in [0, 0.05) is 24.2 Å². The highest BCUT2D eigenvalue weighted by atomic mass is 29.2. The molecule has 0 spiro atoms. The summed E-state index contributed by atoms with van der Waals surface area (Å²) >= 11 is 0. The molecular weight excluding hydrogens is 457 g/mol. The molecule has 0 saturated carbocycles. The minimum Gasteiger partial charge on any atom is -0.464 e. The molecule has 0 aliphatic carbocycles. The van der Waals surface area contributed by atoms with Crippen LogP contribution in [0.15, 0.2) is 12.7 Å². The van der Waals surface area contributed by atoms with Gasteiger partial charge in [0.25, 0.3) is 0 Å². The molecule has 2 unspecified atom stereocenters. The van der Waals surface area contributed by atoms with Crippen molar-refractivity contribution < 1.29 is 28.0 Å². The Labute approximate surface area is 182 Å². The Balaban J connectivity index is 4.97. The van der Waals surface area contributed by atoms with Crippen LogP contribution in [-0.2, 0) is 17.8 Å². The number of ether oxygens (including phenoxy) is 1. The Morgan fingerprint density at radius 1 is 1.11 bits per heavy atom. The van der Waals surface area contributed by atoms with Crippen LogP contribution < -0.4 is 0 Å². The lowest BCUT2D eigenvalue weighted by Gasteiger charge is -2.34. The summed E-state index contributed by atoms with van der Waals surface area (Å²) in [7, 11) is -4.32. The van der Waals surface area contributed by atoms with Gasteiger partial charge in [0.1, 0.15) is 30.3 Å². The number of esters is 1. The fraction of sp³-hybridized carbons (Fsp3) is 0.812. The van der Waals surface area contributed by atoms with E-state index >= 15 is 0 Å². The molecule has 6 nitrogen and oxygen atoms in total. The highest BCUT2D eigenvalue weighted by molar-refractivity contribution is 7.12. The molecule has 166 valence electrons. The average molecular weight is 499 g/mol. The monoisotopic (exact) mass is 498 g/mol. The number of hydrogen-bond acceptors (Lipinski definition) is 6. The molecule has 0 rings (SSSR count). The van der Waals surface area contributed by atoms with E-state index < -0.39 is 59.5 Å². The van der Waals surface area contributed by atoms with Crippen LogP contribution in [0.5, 0.6) is 0 Å². The molecule has 0 aliphatic rings. The van der Waals surface area contributed by atoms with Crippen molar-refractivity contribution in [1.82, 2.24) is 0 Å². The van der Waals surface area contributed by atoms with E-state index in [1.54, 1.807) is 6.92 Å². The number of hydrogen-bond donors (Lipinski definition) is 2. The van der Waals surface area contributed by atoms with Crippen molar-refractivity contribution in [2.24, 2.45) is 0 Å². The lowest BCUT2D eigenvalue weighted by Crippen LogP contribution is -2.46. The Kier molecular flexibility index (Phi) is 13.1. The van der Waals surface area contributed by atoms with Gasteiger partial charge in [-0.2, -0.15) is 0 Å². The largest absolute Gasteiger partial charge is 0.464 e. The van der Waals surface area contributed by atoms with Crippen molar-refractivity contribution in [3.05, 3.63) is 12.7 Å². The van der Waals surface area contributed by atoms with Gasteiger partial charge in [-0.3, -0.25) is 0 Å². The maximum Gasteiger partial charge on any atom is 0.330 e. The summed E-state index contributed by atoms with van der Waals surface area (Å²) in [4.78, 5) is 11.7. The van der Waals surface area contributed by atoms with Gasteiger partial charge in [-0.1, -0.05) is 18.2 Å². The van der Waals surface area contributed by atoms with Crippen molar-refractivity contribution in [3.8, 4) is 0 Å². The second-order valence-electron chi connectivity index (χ2n) is 9.54. The predicted molar refractivity (Wildman–Crippen MR) is 134 cm³/mol. The Morgan fingerprint density at radius 3 is 1.93 bits per heavy atom. The van der Waals surface area contributed by atoms with Gasteiger partial charge in [0.2, 0.25) is 0 Å². The van der Waals surface area contributed by atoms with E-state index in [4.69, 9.17) is 13.0 Å². The third-order valence-electron chi connectivity index (χ3n) is 4.55. The molecule has 0 aromatic rings. The number of carbonyl (C=O) groups excluding carboxylic acids is 1. The van der Waals surface area contributed by atoms with E-state index in [0.717, 1.165) is 17.7 Å². The van der Waals surface area contributed by atoms with Gasteiger partial charge in [-0.05, 0) is 52.6 Å². The van der Waals surface area contributed by atoms with Gasteiger partial charge < -0.3 is 23.2 Å². The van der Waals surface area contributed by atoms with Gasteiger partial charge in [-0.25, -0.2) is 4.79 Å². The lowest BCUT2D eigenvalue weighted by molar-refractivity contribution is -0.169. The van der Waals surface area contributed by atoms with Crippen LogP contribution in [0.3, 0.4) is 0 Å². The van der Waals surface area contributed by atoms with Gasteiger partial charge in [-0.15, -0.1) is 0 Å². The molecule has 0 heterocycles. The molecule has 0 aromatic heterocycles.